The van der Waals surface area contributed by atoms with Crippen LogP contribution in [0.1, 0.15) is 362 Å². The zero-order valence-corrected chi connectivity index (χ0v) is 76.2. The number of carbonyl (C=O) groups is 6. The number of esters is 6. The maximum absolute atomic E-state index is 13.2. The molecule has 6 aliphatic rings. The molecule has 26 nitrogen and oxygen atoms in total. The van der Waals surface area contributed by atoms with E-state index >= 15 is 0 Å². The van der Waals surface area contributed by atoms with Crippen molar-refractivity contribution in [2.75, 3.05) is 39.6 Å². The second kappa shape index (κ2) is 63.4. The Morgan fingerprint density at radius 3 is 1.34 bits per heavy atom. The summed E-state index contributed by atoms with van der Waals surface area (Å²) in [5, 5.41) is 58.3. The van der Waals surface area contributed by atoms with Crippen LogP contribution in [0.5, 0.6) is 0 Å². The number of allylic oxidation sites excluding steroid dienone is 7. The molecule has 0 saturated heterocycles. The number of hydrogen-bond acceptors (Lipinski definition) is 26. The second-order valence-electron chi connectivity index (χ2n) is 36.2. The molecule has 0 radical (unpaired) electrons. The van der Waals surface area contributed by atoms with Crippen LogP contribution < -0.4 is 10.9 Å². The number of nitrogens with one attached hydrogen (secondary N) is 2. The summed E-state index contributed by atoms with van der Waals surface area (Å²) in [5.74, 6) is 3.28. The number of aryl methyl sites for hydroxylation is 2. The molecule has 0 aromatic carbocycles. The van der Waals surface area contributed by atoms with E-state index in [-0.39, 0.29) is 111 Å². The fraction of sp³-hybridized carbons (Fsp3) is 0.792. The highest BCUT2D eigenvalue weighted by atomic mass is 16.6. The zero-order valence-electron chi connectivity index (χ0n) is 76.2. The van der Waals surface area contributed by atoms with Gasteiger partial charge in [-0.3, -0.25) is 39.6 Å². The van der Waals surface area contributed by atoms with Crippen molar-refractivity contribution in [2.45, 2.75) is 376 Å². The van der Waals surface area contributed by atoms with Gasteiger partial charge in [0.2, 0.25) is 0 Å². The van der Waals surface area contributed by atoms with Gasteiger partial charge in [-0.1, -0.05) is 116 Å². The van der Waals surface area contributed by atoms with Crippen molar-refractivity contribution in [2.24, 2.45) is 81.2 Å². The molecule has 0 spiro atoms. The molecule has 4 aliphatic carbocycles. The van der Waals surface area contributed by atoms with Crippen LogP contribution in [0, 0.1) is 71.0 Å². The molecule has 2 saturated carbocycles. The van der Waals surface area contributed by atoms with Crippen molar-refractivity contribution in [3.63, 3.8) is 0 Å². The molecule has 8 rings (SSSR count). The minimum atomic E-state index is -0.266. The molecule has 0 amide bonds. The molecular formula is C96H158N12O14. The van der Waals surface area contributed by atoms with Gasteiger partial charge in [0.15, 0.2) is 24.3 Å². The van der Waals surface area contributed by atoms with Crippen molar-refractivity contribution in [1.29, 1.82) is 0 Å². The van der Waals surface area contributed by atoms with Gasteiger partial charge >= 0.3 is 35.8 Å². The minimum absolute atomic E-state index is 0.0584. The summed E-state index contributed by atoms with van der Waals surface area (Å²) in [6, 6.07) is 0. The van der Waals surface area contributed by atoms with E-state index in [0.29, 0.717) is 149 Å². The first-order chi connectivity index (χ1) is 59.3. The molecule has 10 atom stereocenters. The van der Waals surface area contributed by atoms with E-state index < -0.39 is 0 Å². The van der Waals surface area contributed by atoms with Crippen LogP contribution >= 0.6 is 0 Å². The van der Waals surface area contributed by atoms with Gasteiger partial charge in [0.05, 0.1) is 62.3 Å². The largest absolute Gasteiger partial charge is 0.466 e. The number of hydrazone groups is 2. The first-order valence-electron chi connectivity index (χ1n) is 47.9. The quantitative estimate of drug-likeness (QED) is 0.0207. The molecule has 2 aliphatic heterocycles. The van der Waals surface area contributed by atoms with E-state index in [1.54, 1.807) is 0 Å². The lowest BCUT2D eigenvalue weighted by Gasteiger charge is -2.33. The zero-order chi connectivity index (χ0) is 87.6. The Labute approximate surface area is 731 Å². The van der Waals surface area contributed by atoms with Crippen molar-refractivity contribution in [3.05, 3.63) is 71.7 Å². The summed E-state index contributed by atoms with van der Waals surface area (Å²) in [7, 11) is 0. The van der Waals surface area contributed by atoms with Crippen molar-refractivity contribution in [1.82, 2.24) is 51.6 Å². The van der Waals surface area contributed by atoms with Crippen LogP contribution in [-0.2, 0) is 70.0 Å². The highest BCUT2D eigenvalue weighted by Crippen LogP contribution is 2.40. The molecular weight excluding hydrogens is 1550 g/mol. The number of carbonyl (C=O) groups excluding carboxylic acids is 6. The highest BCUT2D eigenvalue weighted by molar-refractivity contribution is 5.91. The van der Waals surface area contributed by atoms with Crippen LogP contribution in [0.15, 0.2) is 70.2 Å². The van der Waals surface area contributed by atoms with Gasteiger partial charge in [-0.05, 0) is 293 Å². The molecule has 26 heteroatoms. The molecule has 122 heavy (non-hydrogen) atoms. The molecule has 4 heterocycles. The third-order valence-electron chi connectivity index (χ3n) is 24.7. The number of aliphatic hydroxyl groups is 2. The average Bonchev–Trinajstić information content (AvgIpc) is 0.823. The van der Waals surface area contributed by atoms with Gasteiger partial charge in [0, 0.05) is 74.6 Å². The maximum atomic E-state index is 13.2. The molecule has 686 valence electrons. The second-order valence-corrected chi connectivity index (χ2v) is 36.2. The van der Waals surface area contributed by atoms with E-state index in [1.807, 2.05) is 27.7 Å². The lowest BCUT2D eigenvalue weighted by Crippen LogP contribution is -2.31. The lowest BCUT2D eigenvalue weighted by atomic mass is 9.74. The summed E-state index contributed by atoms with van der Waals surface area (Å²) in [6.07, 6.45) is 60.1. The van der Waals surface area contributed by atoms with Crippen LogP contribution in [0.3, 0.4) is 0 Å². The van der Waals surface area contributed by atoms with Crippen LogP contribution in [0.2, 0.25) is 0 Å². The van der Waals surface area contributed by atoms with Gasteiger partial charge in [-0.25, -0.2) is 0 Å². The van der Waals surface area contributed by atoms with E-state index in [0.717, 1.165) is 128 Å². The summed E-state index contributed by atoms with van der Waals surface area (Å²) in [5.41, 5.74) is 11.9. The topological polar surface area (TPSA) is 350 Å². The Bertz CT molecular complexity index is 3370. The van der Waals surface area contributed by atoms with E-state index in [1.165, 1.54) is 125 Å². The van der Waals surface area contributed by atoms with Crippen LogP contribution in [-0.4, -0.2) is 151 Å². The number of aliphatic hydroxyl groups excluding tert-OH is 2. The van der Waals surface area contributed by atoms with Crippen molar-refractivity contribution < 1.29 is 67.4 Å². The normalized spacial score (nSPS) is 20.8. The minimum Gasteiger partial charge on any atom is -0.466 e. The summed E-state index contributed by atoms with van der Waals surface area (Å²) in [6.45, 7) is 17.7. The molecule has 2 aromatic heterocycles. The Kier molecular flexibility index (Phi) is 53.7. The SMILES string of the molecule is CC(C)OC(=O)C(CCCOC(=O)CCCCOC(=O)C(CCCO)CCC1C/C=C/CCCC1)CCC1C/C=C/CCCC1.CC(C)OC(=O)C(CCCOC(=O)CCCCOC(=O)C(CCCO)CCC1CCCCC2=C(C(C)C)NN=CC2C1)CCC1CCCCC2=CNN=C(C(C)C)C2C1.c1nnc(CCCCCCc2nncnn2)nn1. The third-order valence-corrected chi connectivity index (χ3v) is 24.7. The molecule has 4 N–H and O–H groups in total. The molecule has 2 aromatic rings. The first kappa shape index (κ1) is 103. The standard InChI is InChI=1S/C48H80N4O7.C38H64O7.C10H14N8/c1-33(2)45-42-20-10-8-15-36(29-41(42)32-50-51-45)22-24-38(18-13-26-53)47(55)58-27-12-11-21-44(54)57-28-14-19-39(48(56)59-35(5)6)25-23-37-16-7-9-17-40-31-49-52-46(34(3)4)43(40)30-37;1-31(2)45-38(42)35(27-25-33-19-11-7-4-8-12-20-33)22-16-30-43-36(40)23-13-14-29-44-37(41)34(21-15-28-39)26-24-32-17-9-5-3-6-10-18-32;1(3-5-9-15-11-7-12-16-9)2-4-6-10-17-13-8-14-18-10/h31-39,41,43,49,51,53H,7-30H2,1-6H3;5,7,9,11,31-35,39H,3-4,6,8,10,12-30H2,1-2H3;7-8H,1-6H2/b;9-5+,11-7+;. The van der Waals surface area contributed by atoms with Gasteiger partial charge < -0.3 is 38.6 Å². The van der Waals surface area contributed by atoms with E-state index in [4.69, 9.17) is 28.4 Å². The highest BCUT2D eigenvalue weighted by Gasteiger charge is 2.34. The third kappa shape index (κ3) is 44.4. The summed E-state index contributed by atoms with van der Waals surface area (Å²) in [4.78, 5) is 76.9. The van der Waals surface area contributed by atoms with Gasteiger partial charge in [-0.2, -0.15) is 10.2 Å². The lowest BCUT2D eigenvalue weighted by molar-refractivity contribution is -0.154. The number of fused-ring (bicyclic) bond motifs is 2. The fourth-order valence-corrected chi connectivity index (χ4v) is 17.8. The Morgan fingerprint density at radius 1 is 0.443 bits per heavy atom. The monoisotopic (exact) mass is 1700 g/mol. The molecule has 2 fully saturated rings. The number of ether oxygens (including phenoxy) is 6. The number of nitrogens with zero attached hydrogens (tertiary/aromatic N) is 10. The number of hydrogen-bond donors (Lipinski definition) is 4. The van der Waals surface area contributed by atoms with Crippen molar-refractivity contribution in [3.8, 4) is 0 Å². The smallest absolute Gasteiger partial charge is 0.309 e. The average molecular weight is 1700 g/mol. The number of aromatic nitrogens is 8. The maximum Gasteiger partial charge on any atom is 0.309 e. The summed E-state index contributed by atoms with van der Waals surface area (Å²) < 4.78 is 33.6. The first-order valence-corrected chi connectivity index (χ1v) is 47.9. The Morgan fingerprint density at radius 2 is 0.877 bits per heavy atom. The fourth-order valence-electron chi connectivity index (χ4n) is 17.8. The van der Waals surface area contributed by atoms with E-state index in [2.05, 4.69) is 126 Å². The Hall–Kier alpha value is -7.48. The van der Waals surface area contributed by atoms with Gasteiger partial charge in [0.1, 0.15) is 0 Å². The molecule has 0 bridgehead atoms. The van der Waals surface area contributed by atoms with Crippen LogP contribution in [0.4, 0.5) is 0 Å². The van der Waals surface area contributed by atoms with Crippen LogP contribution in [0.25, 0.3) is 0 Å². The Balaban J connectivity index is 0.000000320. The predicted octanol–water partition coefficient (Wildman–Crippen LogP) is 18.9. The molecule has 10 unspecified atom stereocenters. The van der Waals surface area contributed by atoms with E-state index in [9.17, 15) is 39.0 Å². The number of unbranched alkanes of at least 4 members (excludes halogenated alkanes) is 5. The number of rotatable bonds is 51. The summed E-state index contributed by atoms with van der Waals surface area (Å²) >= 11 is 0. The van der Waals surface area contributed by atoms with Gasteiger partial charge in [0.25, 0.3) is 0 Å². The predicted molar refractivity (Wildman–Crippen MR) is 476 cm³/mol. The van der Waals surface area contributed by atoms with Gasteiger partial charge in [-0.15, -0.1) is 40.8 Å². The van der Waals surface area contributed by atoms with Crippen molar-refractivity contribution >= 4 is 47.7 Å².